The molecule has 4 heteroatoms. The predicted octanol–water partition coefficient (Wildman–Crippen LogP) is 2.94. The van der Waals surface area contributed by atoms with Crippen LogP contribution in [0.5, 0.6) is 0 Å². The van der Waals surface area contributed by atoms with Crippen molar-refractivity contribution in [1.29, 1.82) is 0 Å². The summed E-state index contributed by atoms with van der Waals surface area (Å²) in [6.45, 7) is 9.86. The third kappa shape index (κ3) is 10.1. The second-order valence-electron chi connectivity index (χ2n) is 2.91. The Morgan fingerprint density at radius 1 is 1.56 bits per heavy atom. The summed E-state index contributed by atoms with van der Waals surface area (Å²) in [5.41, 5.74) is 0. The molecule has 0 radical (unpaired) electrons. The molecule has 90 valence electrons. The van der Waals surface area contributed by atoms with E-state index in [1.165, 1.54) is 18.9 Å². The summed E-state index contributed by atoms with van der Waals surface area (Å²) in [6, 6.07) is 0. The molecule has 0 bridgehead atoms. The topological polar surface area (TPSA) is 26.3 Å². The molecule has 0 saturated heterocycles. The van der Waals surface area contributed by atoms with Crippen LogP contribution < -0.4 is 0 Å². The zero-order valence-corrected chi connectivity index (χ0v) is 12.1. The van der Waals surface area contributed by atoms with E-state index in [0.29, 0.717) is 0 Å². The Labute approximate surface area is 108 Å². The van der Waals surface area contributed by atoms with E-state index in [2.05, 4.69) is 20.1 Å². The molecule has 0 amide bonds. The molecular formula is C12H18O2SSe. The van der Waals surface area contributed by atoms with Gasteiger partial charge in [0, 0.05) is 0 Å². The fraction of sp³-hybridized carbons (Fsp3) is 0.417. The Balaban J connectivity index is 3.61. The van der Waals surface area contributed by atoms with Crippen molar-refractivity contribution < 1.29 is 9.53 Å². The van der Waals surface area contributed by atoms with E-state index >= 15 is 0 Å². The van der Waals surface area contributed by atoms with Crippen LogP contribution in [-0.2, 0) is 9.53 Å². The van der Waals surface area contributed by atoms with Gasteiger partial charge in [0.1, 0.15) is 0 Å². The summed E-state index contributed by atoms with van der Waals surface area (Å²) in [5, 5.41) is 0. The van der Waals surface area contributed by atoms with Crippen molar-refractivity contribution in [3.63, 3.8) is 0 Å². The van der Waals surface area contributed by atoms with Crippen molar-refractivity contribution >= 4 is 32.7 Å². The molecule has 0 aromatic heterocycles. The fourth-order valence-corrected chi connectivity index (χ4v) is 3.38. The molecule has 0 aliphatic rings. The van der Waals surface area contributed by atoms with Gasteiger partial charge in [-0.3, -0.25) is 0 Å². The minimum atomic E-state index is -0.312. The molecule has 0 aliphatic heterocycles. The molecule has 0 aliphatic carbocycles. The average molecular weight is 305 g/mol. The summed E-state index contributed by atoms with van der Waals surface area (Å²) in [5.74, 6) is 0.805. The minimum absolute atomic E-state index is 0.172. The zero-order chi connectivity index (χ0) is 12.2. The number of esters is 1. The first-order valence-electron chi connectivity index (χ1n) is 5.13. The van der Waals surface area contributed by atoms with Crippen molar-refractivity contribution in [3.05, 3.63) is 34.1 Å². The number of ether oxygens (including phenoxy) is 1. The number of hydrogen-bond donors (Lipinski definition) is 0. The Bertz CT molecular complexity index is 262. The normalized spacial score (nSPS) is 10.3. The Morgan fingerprint density at radius 3 is 2.94 bits per heavy atom. The van der Waals surface area contributed by atoms with E-state index in [1.54, 1.807) is 17.8 Å². The molecule has 0 N–H and O–H groups in total. The Hall–Kier alpha value is -0.441. The van der Waals surface area contributed by atoms with Gasteiger partial charge in [0.25, 0.3) is 0 Å². The monoisotopic (exact) mass is 306 g/mol. The maximum absolute atomic E-state index is 11.1. The first kappa shape index (κ1) is 15.6. The SMILES string of the molecule is C=CCOC(=O)/C=C/[Se]C(=C)SCCCC. The number of thioether (sulfide) groups is 1. The molecule has 0 saturated carbocycles. The van der Waals surface area contributed by atoms with Crippen molar-refractivity contribution in [3.8, 4) is 0 Å². The quantitative estimate of drug-likeness (QED) is 0.215. The third-order valence-electron chi connectivity index (χ3n) is 1.51. The van der Waals surface area contributed by atoms with Crippen molar-refractivity contribution in [2.24, 2.45) is 0 Å². The third-order valence-corrected chi connectivity index (χ3v) is 4.69. The van der Waals surface area contributed by atoms with Crippen LogP contribution in [0.3, 0.4) is 0 Å². The molecule has 0 fully saturated rings. The van der Waals surface area contributed by atoms with E-state index in [0.717, 1.165) is 9.56 Å². The number of unbranched alkanes of at least 4 members (excludes halogenated alkanes) is 1. The summed E-state index contributed by atoms with van der Waals surface area (Å²) >= 11 is 1.96. The van der Waals surface area contributed by atoms with Gasteiger partial charge in [0.15, 0.2) is 0 Å². The van der Waals surface area contributed by atoms with Crippen LogP contribution in [0.15, 0.2) is 34.1 Å². The van der Waals surface area contributed by atoms with Crippen LogP contribution in [0, 0.1) is 0 Å². The number of hydrogen-bond acceptors (Lipinski definition) is 3. The first-order valence-corrected chi connectivity index (χ1v) is 7.96. The standard InChI is InChI=1S/C12H18O2SSe/c1-4-6-9-15-11(3)16-10-7-12(13)14-8-5-2/h5,7,10H,2-4,6,8-9H2,1H3/b10-7+. The van der Waals surface area contributed by atoms with E-state index < -0.39 is 0 Å². The van der Waals surface area contributed by atoms with Gasteiger partial charge in [-0.2, -0.15) is 0 Å². The zero-order valence-electron chi connectivity index (χ0n) is 9.61. The molecule has 0 aromatic carbocycles. The van der Waals surface area contributed by atoms with Gasteiger partial charge in [-0.25, -0.2) is 0 Å². The van der Waals surface area contributed by atoms with Gasteiger partial charge < -0.3 is 0 Å². The number of carbonyl (C=O) groups is 1. The molecule has 0 spiro atoms. The van der Waals surface area contributed by atoms with Crippen LogP contribution in [-0.4, -0.2) is 33.3 Å². The maximum atomic E-state index is 11.1. The van der Waals surface area contributed by atoms with Gasteiger partial charge >= 0.3 is 108 Å². The van der Waals surface area contributed by atoms with E-state index in [-0.39, 0.29) is 27.5 Å². The number of rotatable bonds is 9. The summed E-state index contributed by atoms with van der Waals surface area (Å²) in [4.78, 5) is 12.9. The summed E-state index contributed by atoms with van der Waals surface area (Å²) in [7, 11) is 0. The van der Waals surface area contributed by atoms with E-state index in [4.69, 9.17) is 4.74 Å². The van der Waals surface area contributed by atoms with Crippen molar-refractivity contribution in [2.45, 2.75) is 19.8 Å². The molecule has 0 rings (SSSR count). The van der Waals surface area contributed by atoms with Crippen LogP contribution in [0.1, 0.15) is 19.8 Å². The van der Waals surface area contributed by atoms with Crippen molar-refractivity contribution in [1.82, 2.24) is 0 Å². The van der Waals surface area contributed by atoms with Crippen LogP contribution in [0.2, 0.25) is 0 Å². The molecule has 16 heavy (non-hydrogen) atoms. The molecule has 0 atom stereocenters. The second kappa shape index (κ2) is 11.1. The summed E-state index contributed by atoms with van der Waals surface area (Å²) < 4.78 is 5.95. The average Bonchev–Trinajstić information content (AvgIpc) is 2.26. The summed E-state index contributed by atoms with van der Waals surface area (Å²) in [6.07, 6.45) is 5.44. The molecule has 0 unspecified atom stereocenters. The molecule has 2 nitrogen and oxygen atoms in total. The molecular weight excluding hydrogens is 287 g/mol. The first-order chi connectivity index (χ1) is 7.70. The molecule has 0 aromatic rings. The van der Waals surface area contributed by atoms with Crippen LogP contribution in [0.25, 0.3) is 0 Å². The van der Waals surface area contributed by atoms with Gasteiger partial charge in [-0.1, -0.05) is 0 Å². The van der Waals surface area contributed by atoms with Gasteiger partial charge in [0.05, 0.1) is 0 Å². The van der Waals surface area contributed by atoms with Gasteiger partial charge in [-0.15, -0.1) is 0 Å². The fourth-order valence-electron chi connectivity index (χ4n) is 0.719. The Morgan fingerprint density at radius 2 is 2.31 bits per heavy atom. The van der Waals surface area contributed by atoms with Crippen molar-refractivity contribution in [2.75, 3.05) is 12.4 Å². The number of carbonyl (C=O) groups excluding carboxylic acids is 1. The predicted molar refractivity (Wildman–Crippen MR) is 72.6 cm³/mol. The molecule has 0 heterocycles. The van der Waals surface area contributed by atoms with E-state index in [9.17, 15) is 4.79 Å². The second-order valence-corrected chi connectivity index (χ2v) is 6.79. The van der Waals surface area contributed by atoms with Gasteiger partial charge in [0.2, 0.25) is 0 Å². The Kier molecular flexibility index (Phi) is 10.8. The van der Waals surface area contributed by atoms with Gasteiger partial charge in [-0.05, 0) is 0 Å². The van der Waals surface area contributed by atoms with Crippen LogP contribution in [0.4, 0.5) is 0 Å². The van der Waals surface area contributed by atoms with E-state index in [1.807, 2.05) is 4.97 Å². The van der Waals surface area contributed by atoms with Crippen LogP contribution >= 0.6 is 11.8 Å².